The lowest BCUT2D eigenvalue weighted by Crippen LogP contribution is -2.13. The van der Waals surface area contributed by atoms with Crippen LogP contribution in [0.4, 0.5) is 11.4 Å². The Morgan fingerprint density at radius 2 is 1.95 bits per heavy atom. The van der Waals surface area contributed by atoms with Crippen LogP contribution in [0, 0.1) is 6.92 Å². The third-order valence-electron chi connectivity index (χ3n) is 2.64. The molecule has 2 amide bonds. The summed E-state index contributed by atoms with van der Waals surface area (Å²) in [6.45, 7) is 3.33. The lowest BCUT2D eigenvalue weighted by molar-refractivity contribution is -0.114. The maximum absolute atomic E-state index is 11.8. The molecule has 2 aromatic rings. The van der Waals surface area contributed by atoms with Crippen LogP contribution < -0.4 is 10.6 Å². The van der Waals surface area contributed by atoms with Crippen molar-refractivity contribution in [2.24, 2.45) is 0 Å². The normalized spacial score (nSPS) is 10.0. The highest BCUT2D eigenvalue weighted by Crippen LogP contribution is 2.20. The van der Waals surface area contributed by atoms with Crippen molar-refractivity contribution in [3.63, 3.8) is 0 Å². The quantitative estimate of drug-likeness (QED) is 0.790. The van der Waals surface area contributed by atoms with Crippen molar-refractivity contribution in [1.82, 2.24) is 4.98 Å². The summed E-state index contributed by atoms with van der Waals surface area (Å²) >= 11 is 0. The van der Waals surface area contributed by atoms with Crippen LogP contribution in [0.1, 0.15) is 23.0 Å². The Bertz CT molecular complexity index is 603. The van der Waals surface area contributed by atoms with E-state index in [1.165, 1.54) is 6.92 Å². The van der Waals surface area contributed by atoms with Crippen molar-refractivity contribution in [1.29, 1.82) is 0 Å². The van der Waals surface area contributed by atoms with Crippen LogP contribution in [0.2, 0.25) is 0 Å². The Hall–Kier alpha value is -2.56. The van der Waals surface area contributed by atoms with Gasteiger partial charge in [0.05, 0.1) is 0 Å². The van der Waals surface area contributed by atoms with E-state index in [0.717, 1.165) is 11.3 Å². The number of hydrogen-bond donors (Lipinski definition) is 3. The predicted octanol–water partition coefficient (Wildman–Crippen LogP) is 2.53. The van der Waals surface area contributed by atoms with Gasteiger partial charge in [0.15, 0.2) is 0 Å². The van der Waals surface area contributed by atoms with Crippen molar-refractivity contribution in [2.75, 3.05) is 10.6 Å². The summed E-state index contributed by atoms with van der Waals surface area (Å²) in [6, 6.07) is 8.79. The van der Waals surface area contributed by atoms with Gasteiger partial charge in [-0.2, -0.15) is 0 Å². The standard InChI is InChI=1S/C14H15N3O2/c1-9-8-11(5-6-12(9)16-10(2)18)17-14(19)13-4-3-7-15-13/h3-8,15H,1-2H3,(H,16,18)(H,17,19). The van der Waals surface area contributed by atoms with Crippen molar-refractivity contribution < 1.29 is 9.59 Å². The van der Waals surface area contributed by atoms with E-state index < -0.39 is 0 Å². The van der Waals surface area contributed by atoms with Gasteiger partial charge in [-0.3, -0.25) is 9.59 Å². The minimum Gasteiger partial charge on any atom is -0.357 e. The maximum atomic E-state index is 11.8. The number of nitrogens with one attached hydrogen (secondary N) is 3. The molecule has 1 aromatic heterocycles. The lowest BCUT2D eigenvalue weighted by atomic mass is 10.1. The van der Waals surface area contributed by atoms with E-state index in [-0.39, 0.29) is 11.8 Å². The van der Waals surface area contributed by atoms with Gasteiger partial charge in [-0.05, 0) is 42.8 Å². The fourth-order valence-electron chi connectivity index (χ4n) is 1.74. The van der Waals surface area contributed by atoms with Gasteiger partial charge in [0.25, 0.3) is 5.91 Å². The molecule has 0 unspecified atom stereocenters. The van der Waals surface area contributed by atoms with E-state index in [9.17, 15) is 9.59 Å². The summed E-state index contributed by atoms with van der Waals surface area (Å²) in [5.41, 5.74) is 2.82. The topological polar surface area (TPSA) is 74.0 Å². The Morgan fingerprint density at radius 3 is 2.53 bits per heavy atom. The van der Waals surface area contributed by atoms with E-state index in [4.69, 9.17) is 0 Å². The van der Waals surface area contributed by atoms with Crippen molar-refractivity contribution in [3.05, 3.63) is 47.8 Å². The molecule has 0 aliphatic carbocycles. The molecule has 0 bridgehead atoms. The summed E-state index contributed by atoms with van der Waals surface area (Å²) in [4.78, 5) is 25.7. The molecular weight excluding hydrogens is 242 g/mol. The predicted molar refractivity (Wildman–Crippen MR) is 74.2 cm³/mol. The highest BCUT2D eigenvalue weighted by Gasteiger charge is 2.07. The molecule has 1 aromatic carbocycles. The van der Waals surface area contributed by atoms with E-state index in [2.05, 4.69) is 15.6 Å². The molecule has 5 heteroatoms. The van der Waals surface area contributed by atoms with Gasteiger partial charge in [-0.1, -0.05) is 0 Å². The zero-order chi connectivity index (χ0) is 13.8. The zero-order valence-corrected chi connectivity index (χ0v) is 10.8. The largest absolute Gasteiger partial charge is 0.357 e. The second kappa shape index (κ2) is 5.39. The van der Waals surface area contributed by atoms with E-state index in [1.54, 1.807) is 30.5 Å². The number of carbonyl (C=O) groups excluding carboxylic acids is 2. The number of anilines is 2. The van der Waals surface area contributed by atoms with Crippen LogP contribution in [-0.4, -0.2) is 16.8 Å². The molecule has 0 fully saturated rings. The van der Waals surface area contributed by atoms with Crippen LogP contribution >= 0.6 is 0 Å². The molecule has 0 saturated heterocycles. The molecule has 0 aliphatic rings. The Morgan fingerprint density at radius 1 is 1.16 bits per heavy atom. The van der Waals surface area contributed by atoms with E-state index in [1.807, 2.05) is 13.0 Å². The van der Waals surface area contributed by atoms with Gasteiger partial charge < -0.3 is 15.6 Å². The van der Waals surface area contributed by atoms with Crippen LogP contribution in [-0.2, 0) is 4.79 Å². The highest BCUT2D eigenvalue weighted by atomic mass is 16.2. The van der Waals surface area contributed by atoms with Gasteiger partial charge >= 0.3 is 0 Å². The van der Waals surface area contributed by atoms with Crippen molar-refractivity contribution in [2.45, 2.75) is 13.8 Å². The Labute approximate surface area is 111 Å². The Kier molecular flexibility index (Phi) is 3.66. The number of aromatic amines is 1. The molecule has 1 heterocycles. The number of aryl methyl sites for hydroxylation is 1. The van der Waals surface area contributed by atoms with Gasteiger partial charge in [0, 0.05) is 24.5 Å². The van der Waals surface area contributed by atoms with Crippen LogP contribution in [0.3, 0.4) is 0 Å². The molecular formula is C14H15N3O2. The number of carbonyl (C=O) groups is 2. The summed E-state index contributed by atoms with van der Waals surface area (Å²) < 4.78 is 0. The van der Waals surface area contributed by atoms with Gasteiger partial charge in [-0.15, -0.1) is 0 Å². The van der Waals surface area contributed by atoms with E-state index in [0.29, 0.717) is 11.4 Å². The van der Waals surface area contributed by atoms with Crippen LogP contribution in [0.5, 0.6) is 0 Å². The lowest BCUT2D eigenvalue weighted by Gasteiger charge is -2.09. The first-order valence-electron chi connectivity index (χ1n) is 5.89. The zero-order valence-electron chi connectivity index (χ0n) is 10.8. The number of aromatic nitrogens is 1. The molecule has 19 heavy (non-hydrogen) atoms. The monoisotopic (exact) mass is 257 g/mol. The number of amides is 2. The number of benzene rings is 1. The fourth-order valence-corrected chi connectivity index (χ4v) is 1.74. The molecule has 0 saturated carbocycles. The first kappa shape index (κ1) is 12.9. The van der Waals surface area contributed by atoms with Gasteiger partial charge in [0.2, 0.25) is 5.91 Å². The van der Waals surface area contributed by atoms with Crippen LogP contribution in [0.15, 0.2) is 36.5 Å². The summed E-state index contributed by atoms with van der Waals surface area (Å²) in [5.74, 6) is -0.317. The first-order chi connectivity index (χ1) is 9.06. The summed E-state index contributed by atoms with van der Waals surface area (Å²) in [7, 11) is 0. The summed E-state index contributed by atoms with van der Waals surface area (Å²) in [5, 5.41) is 5.51. The molecule has 0 aliphatic heterocycles. The second-order valence-corrected chi connectivity index (χ2v) is 4.25. The SMILES string of the molecule is CC(=O)Nc1ccc(NC(=O)c2ccc[nH]2)cc1C. The average Bonchev–Trinajstić information content (AvgIpc) is 2.86. The molecule has 5 nitrogen and oxygen atoms in total. The fraction of sp³-hybridized carbons (Fsp3) is 0.143. The smallest absolute Gasteiger partial charge is 0.272 e. The van der Waals surface area contributed by atoms with Crippen molar-refractivity contribution in [3.8, 4) is 0 Å². The van der Waals surface area contributed by atoms with Gasteiger partial charge in [-0.25, -0.2) is 0 Å². The highest BCUT2D eigenvalue weighted by molar-refractivity contribution is 6.03. The third-order valence-corrected chi connectivity index (χ3v) is 2.64. The number of hydrogen-bond acceptors (Lipinski definition) is 2. The number of H-pyrrole nitrogens is 1. The maximum Gasteiger partial charge on any atom is 0.272 e. The Balaban J connectivity index is 2.12. The minimum absolute atomic E-state index is 0.119. The molecule has 98 valence electrons. The second-order valence-electron chi connectivity index (χ2n) is 4.25. The molecule has 0 radical (unpaired) electrons. The van der Waals surface area contributed by atoms with Crippen LogP contribution in [0.25, 0.3) is 0 Å². The van der Waals surface area contributed by atoms with Gasteiger partial charge in [0.1, 0.15) is 5.69 Å². The average molecular weight is 257 g/mol. The molecule has 0 spiro atoms. The molecule has 3 N–H and O–H groups in total. The first-order valence-corrected chi connectivity index (χ1v) is 5.89. The summed E-state index contributed by atoms with van der Waals surface area (Å²) in [6.07, 6.45) is 1.69. The number of rotatable bonds is 3. The molecule has 2 rings (SSSR count). The minimum atomic E-state index is -0.198. The van der Waals surface area contributed by atoms with Crippen molar-refractivity contribution >= 4 is 23.2 Å². The van der Waals surface area contributed by atoms with E-state index >= 15 is 0 Å². The third kappa shape index (κ3) is 3.22. The molecule has 0 atom stereocenters.